The van der Waals surface area contributed by atoms with E-state index in [0.717, 1.165) is 24.2 Å². The van der Waals surface area contributed by atoms with Crippen molar-refractivity contribution in [1.29, 1.82) is 0 Å². The molecule has 0 aliphatic rings. The van der Waals surface area contributed by atoms with E-state index in [4.69, 9.17) is 4.74 Å². The van der Waals surface area contributed by atoms with Crippen molar-refractivity contribution >= 4 is 11.6 Å². The maximum absolute atomic E-state index is 11.6. The number of amides is 1. The Morgan fingerprint density at radius 1 is 1.35 bits per heavy atom. The third-order valence-corrected chi connectivity index (χ3v) is 2.41. The lowest BCUT2D eigenvalue weighted by Crippen LogP contribution is -2.29. The van der Waals surface area contributed by atoms with Crippen LogP contribution in [0.1, 0.15) is 12.0 Å². The standard InChI is InChI=1S/C13H20N2O2/c1-11-6-3-4-7-12(11)15-13(16)10-14-8-5-9-17-2/h3-4,6-7,14H,5,8-10H2,1-2H3,(H,15,16). The summed E-state index contributed by atoms with van der Waals surface area (Å²) in [5, 5.41) is 5.94. The van der Waals surface area contributed by atoms with E-state index in [1.54, 1.807) is 7.11 Å². The molecule has 2 N–H and O–H groups in total. The second-order valence-electron chi connectivity index (χ2n) is 3.89. The van der Waals surface area contributed by atoms with Crippen LogP contribution in [-0.4, -0.2) is 32.7 Å². The number of benzene rings is 1. The van der Waals surface area contributed by atoms with Crippen molar-refractivity contribution in [3.63, 3.8) is 0 Å². The molecular weight excluding hydrogens is 216 g/mol. The number of hydrogen-bond donors (Lipinski definition) is 2. The summed E-state index contributed by atoms with van der Waals surface area (Å²) in [4.78, 5) is 11.6. The first-order chi connectivity index (χ1) is 8.24. The quantitative estimate of drug-likeness (QED) is 0.706. The predicted octanol–water partition coefficient (Wildman–Crippen LogP) is 1.56. The molecule has 4 nitrogen and oxygen atoms in total. The first kappa shape index (κ1) is 13.7. The molecule has 0 atom stereocenters. The van der Waals surface area contributed by atoms with Crippen LogP contribution in [0, 0.1) is 6.92 Å². The summed E-state index contributed by atoms with van der Waals surface area (Å²) < 4.78 is 4.92. The summed E-state index contributed by atoms with van der Waals surface area (Å²) in [6.45, 7) is 3.81. The van der Waals surface area contributed by atoms with Gasteiger partial charge in [-0.25, -0.2) is 0 Å². The first-order valence-electron chi connectivity index (χ1n) is 5.79. The van der Waals surface area contributed by atoms with Gasteiger partial charge in [-0.3, -0.25) is 4.79 Å². The molecule has 0 aromatic heterocycles. The number of para-hydroxylation sites is 1. The van der Waals surface area contributed by atoms with Gasteiger partial charge in [0.05, 0.1) is 6.54 Å². The molecule has 94 valence electrons. The zero-order chi connectivity index (χ0) is 12.5. The van der Waals surface area contributed by atoms with Gasteiger partial charge in [0.1, 0.15) is 0 Å². The van der Waals surface area contributed by atoms with Gasteiger partial charge in [-0.2, -0.15) is 0 Å². The number of nitrogens with one attached hydrogen (secondary N) is 2. The molecule has 4 heteroatoms. The molecule has 0 aliphatic carbocycles. The minimum atomic E-state index is -0.0169. The highest BCUT2D eigenvalue weighted by atomic mass is 16.5. The minimum Gasteiger partial charge on any atom is -0.385 e. The highest BCUT2D eigenvalue weighted by Crippen LogP contribution is 2.12. The zero-order valence-corrected chi connectivity index (χ0v) is 10.5. The van der Waals surface area contributed by atoms with Crippen molar-refractivity contribution in [2.75, 3.05) is 32.1 Å². The van der Waals surface area contributed by atoms with E-state index in [1.807, 2.05) is 31.2 Å². The number of methoxy groups -OCH3 is 1. The van der Waals surface area contributed by atoms with E-state index >= 15 is 0 Å². The van der Waals surface area contributed by atoms with E-state index in [-0.39, 0.29) is 5.91 Å². The highest BCUT2D eigenvalue weighted by Gasteiger charge is 2.02. The van der Waals surface area contributed by atoms with Gasteiger partial charge in [-0.1, -0.05) is 18.2 Å². The molecule has 0 saturated carbocycles. The molecule has 17 heavy (non-hydrogen) atoms. The third kappa shape index (κ3) is 5.47. The Morgan fingerprint density at radius 2 is 2.12 bits per heavy atom. The Balaban J connectivity index is 2.23. The van der Waals surface area contributed by atoms with E-state index in [9.17, 15) is 4.79 Å². The van der Waals surface area contributed by atoms with Crippen molar-refractivity contribution in [2.45, 2.75) is 13.3 Å². The normalized spacial score (nSPS) is 10.2. The van der Waals surface area contributed by atoms with E-state index in [2.05, 4.69) is 10.6 Å². The number of carbonyl (C=O) groups excluding carboxylic acids is 1. The third-order valence-electron chi connectivity index (χ3n) is 2.41. The van der Waals surface area contributed by atoms with Gasteiger partial charge in [-0.15, -0.1) is 0 Å². The number of aryl methyl sites for hydroxylation is 1. The fraction of sp³-hybridized carbons (Fsp3) is 0.462. The fourth-order valence-corrected chi connectivity index (χ4v) is 1.45. The van der Waals surface area contributed by atoms with Crippen LogP contribution in [-0.2, 0) is 9.53 Å². The smallest absolute Gasteiger partial charge is 0.238 e. The molecule has 0 bridgehead atoms. The highest BCUT2D eigenvalue weighted by molar-refractivity contribution is 5.92. The van der Waals surface area contributed by atoms with Crippen LogP contribution in [0.2, 0.25) is 0 Å². The number of ether oxygens (including phenoxy) is 1. The Bertz CT molecular complexity index is 353. The van der Waals surface area contributed by atoms with Gasteiger partial charge < -0.3 is 15.4 Å². The molecule has 0 spiro atoms. The van der Waals surface area contributed by atoms with E-state index in [0.29, 0.717) is 13.2 Å². The molecule has 1 aromatic carbocycles. The van der Waals surface area contributed by atoms with Crippen molar-refractivity contribution in [1.82, 2.24) is 5.32 Å². The average Bonchev–Trinajstić information content (AvgIpc) is 2.32. The number of carbonyl (C=O) groups is 1. The summed E-state index contributed by atoms with van der Waals surface area (Å²) in [6.07, 6.45) is 0.911. The van der Waals surface area contributed by atoms with Crippen LogP contribution in [0.5, 0.6) is 0 Å². The predicted molar refractivity (Wildman–Crippen MR) is 69.2 cm³/mol. The molecular formula is C13H20N2O2. The summed E-state index contributed by atoms with van der Waals surface area (Å²) in [5.41, 5.74) is 1.94. The minimum absolute atomic E-state index is 0.0169. The van der Waals surface area contributed by atoms with Crippen molar-refractivity contribution in [3.8, 4) is 0 Å². The lowest BCUT2D eigenvalue weighted by atomic mass is 10.2. The Kier molecular flexibility index (Phi) is 6.29. The van der Waals surface area contributed by atoms with Crippen molar-refractivity contribution in [2.24, 2.45) is 0 Å². The average molecular weight is 236 g/mol. The first-order valence-corrected chi connectivity index (χ1v) is 5.79. The molecule has 1 aromatic rings. The molecule has 0 heterocycles. The van der Waals surface area contributed by atoms with Gasteiger partial charge in [0.15, 0.2) is 0 Å². The maximum Gasteiger partial charge on any atom is 0.238 e. The Hall–Kier alpha value is -1.39. The number of anilines is 1. The van der Waals surface area contributed by atoms with Gasteiger partial charge in [0, 0.05) is 19.4 Å². The molecule has 1 rings (SSSR count). The molecule has 0 saturated heterocycles. The summed E-state index contributed by atoms with van der Waals surface area (Å²) in [7, 11) is 1.67. The SMILES string of the molecule is COCCCNCC(=O)Nc1ccccc1C. The fourth-order valence-electron chi connectivity index (χ4n) is 1.45. The van der Waals surface area contributed by atoms with Gasteiger partial charge in [0.25, 0.3) is 0 Å². The Morgan fingerprint density at radius 3 is 2.82 bits per heavy atom. The maximum atomic E-state index is 11.6. The summed E-state index contributed by atoms with van der Waals surface area (Å²) >= 11 is 0. The van der Waals surface area contributed by atoms with Gasteiger partial charge in [0.2, 0.25) is 5.91 Å². The molecule has 0 radical (unpaired) electrons. The topological polar surface area (TPSA) is 50.4 Å². The zero-order valence-electron chi connectivity index (χ0n) is 10.5. The van der Waals surface area contributed by atoms with E-state index < -0.39 is 0 Å². The largest absolute Gasteiger partial charge is 0.385 e. The Labute approximate surface area is 102 Å². The van der Waals surface area contributed by atoms with Crippen molar-refractivity contribution < 1.29 is 9.53 Å². The number of rotatable bonds is 7. The number of hydrogen-bond acceptors (Lipinski definition) is 3. The molecule has 1 amide bonds. The summed E-state index contributed by atoms with van der Waals surface area (Å²) in [6, 6.07) is 7.74. The second kappa shape index (κ2) is 7.81. The molecule has 0 unspecified atom stereocenters. The van der Waals surface area contributed by atoms with Crippen LogP contribution in [0.3, 0.4) is 0 Å². The lowest BCUT2D eigenvalue weighted by Gasteiger charge is -2.08. The monoisotopic (exact) mass is 236 g/mol. The van der Waals surface area contributed by atoms with Gasteiger partial charge in [-0.05, 0) is 31.5 Å². The van der Waals surface area contributed by atoms with E-state index in [1.165, 1.54) is 0 Å². The second-order valence-corrected chi connectivity index (χ2v) is 3.89. The van der Waals surface area contributed by atoms with Crippen molar-refractivity contribution in [3.05, 3.63) is 29.8 Å². The van der Waals surface area contributed by atoms with Crippen LogP contribution >= 0.6 is 0 Å². The molecule has 0 fully saturated rings. The van der Waals surface area contributed by atoms with Gasteiger partial charge >= 0.3 is 0 Å². The summed E-state index contributed by atoms with van der Waals surface area (Å²) in [5.74, 6) is -0.0169. The van der Waals surface area contributed by atoms with Crippen LogP contribution < -0.4 is 10.6 Å². The van der Waals surface area contributed by atoms with Crippen LogP contribution in [0.4, 0.5) is 5.69 Å². The molecule has 0 aliphatic heterocycles. The van der Waals surface area contributed by atoms with Crippen LogP contribution in [0.15, 0.2) is 24.3 Å². The van der Waals surface area contributed by atoms with Crippen LogP contribution in [0.25, 0.3) is 0 Å². The lowest BCUT2D eigenvalue weighted by molar-refractivity contribution is -0.115.